The van der Waals surface area contributed by atoms with Crippen molar-refractivity contribution in [1.29, 1.82) is 0 Å². The van der Waals surface area contributed by atoms with Gasteiger partial charge in [-0.3, -0.25) is 4.90 Å². The highest BCUT2D eigenvalue weighted by molar-refractivity contribution is 9.10. The molecule has 0 aliphatic carbocycles. The maximum absolute atomic E-state index is 13.3. The van der Waals surface area contributed by atoms with Gasteiger partial charge in [0, 0.05) is 38.8 Å². The molecule has 1 heterocycles. The fourth-order valence-corrected chi connectivity index (χ4v) is 2.79. The molecule has 1 aliphatic rings. The van der Waals surface area contributed by atoms with Crippen LogP contribution in [0.3, 0.4) is 0 Å². The molecule has 0 radical (unpaired) electrons. The van der Waals surface area contributed by atoms with E-state index in [0.29, 0.717) is 10.9 Å². The van der Waals surface area contributed by atoms with Crippen LogP contribution in [-0.2, 0) is 0 Å². The van der Waals surface area contributed by atoms with Crippen molar-refractivity contribution in [2.75, 3.05) is 32.8 Å². The number of hydrogen-bond donors (Lipinski definition) is 2. The molecular formula is C13H18BrFN2O. The van der Waals surface area contributed by atoms with Crippen molar-refractivity contribution in [3.05, 3.63) is 34.1 Å². The van der Waals surface area contributed by atoms with E-state index >= 15 is 0 Å². The molecule has 0 spiro atoms. The van der Waals surface area contributed by atoms with Gasteiger partial charge < -0.3 is 10.4 Å². The Morgan fingerprint density at radius 2 is 2.11 bits per heavy atom. The maximum atomic E-state index is 13.3. The van der Waals surface area contributed by atoms with Crippen LogP contribution in [0.15, 0.2) is 22.7 Å². The number of nitrogens with one attached hydrogen (secondary N) is 1. The second-order valence-electron chi connectivity index (χ2n) is 4.49. The van der Waals surface area contributed by atoms with E-state index in [-0.39, 0.29) is 18.5 Å². The number of piperazine rings is 1. The Balaban J connectivity index is 2.19. The minimum atomic E-state index is -0.248. The van der Waals surface area contributed by atoms with Gasteiger partial charge in [0.25, 0.3) is 0 Å². The van der Waals surface area contributed by atoms with Crippen molar-refractivity contribution in [2.24, 2.45) is 0 Å². The predicted molar refractivity (Wildman–Crippen MR) is 73.0 cm³/mol. The summed E-state index contributed by atoms with van der Waals surface area (Å²) in [7, 11) is 0. The lowest BCUT2D eigenvalue weighted by atomic mass is 10.0. The minimum absolute atomic E-state index is 0.142. The summed E-state index contributed by atoms with van der Waals surface area (Å²) in [6.45, 7) is 3.98. The molecule has 1 aliphatic heterocycles. The second-order valence-corrected chi connectivity index (χ2v) is 5.34. The molecule has 1 aromatic carbocycles. The number of halogens is 2. The molecule has 3 nitrogen and oxygen atoms in total. The van der Waals surface area contributed by atoms with E-state index in [1.807, 2.05) is 12.1 Å². The molecule has 0 amide bonds. The van der Waals surface area contributed by atoms with Crippen LogP contribution in [0.4, 0.5) is 4.39 Å². The van der Waals surface area contributed by atoms with Crippen LogP contribution in [0.1, 0.15) is 18.0 Å². The van der Waals surface area contributed by atoms with Crippen LogP contribution in [0.25, 0.3) is 0 Å². The summed E-state index contributed by atoms with van der Waals surface area (Å²) in [4.78, 5) is 2.34. The van der Waals surface area contributed by atoms with Crippen molar-refractivity contribution in [1.82, 2.24) is 10.2 Å². The van der Waals surface area contributed by atoms with Crippen molar-refractivity contribution in [3.63, 3.8) is 0 Å². The Kier molecular flexibility index (Phi) is 5.12. The Labute approximate surface area is 115 Å². The van der Waals surface area contributed by atoms with E-state index in [4.69, 9.17) is 0 Å². The van der Waals surface area contributed by atoms with E-state index in [2.05, 4.69) is 26.1 Å². The number of aliphatic hydroxyl groups is 1. The van der Waals surface area contributed by atoms with Gasteiger partial charge in [-0.15, -0.1) is 0 Å². The Bertz CT molecular complexity index is 397. The van der Waals surface area contributed by atoms with E-state index in [9.17, 15) is 9.50 Å². The monoisotopic (exact) mass is 316 g/mol. The molecule has 2 N–H and O–H groups in total. The molecule has 1 saturated heterocycles. The summed E-state index contributed by atoms with van der Waals surface area (Å²) in [5.74, 6) is -0.248. The van der Waals surface area contributed by atoms with Gasteiger partial charge in [0.05, 0.1) is 4.47 Å². The van der Waals surface area contributed by atoms with E-state index in [0.717, 1.165) is 31.7 Å². The first-order valence-corrected chi connectivity index (χ1v) is 7.02. The number of rotatable bonds is 4. The Morgan fingerprint density at radius 1 is 1.39 bits per heavy atom. The lowest BCUT2D eigenvalue weighted by Gasteiger charge is -2.35. The van der Waals surface area contributed by atoms with E-state index < -0.39 is 0 Å². The first-order valence-electron chi connectivity index (χ1n) is 6.23. The van der Waals surface area contributed by atoms with Crippen LogP contribution < -0.4 is 5.32 Å². The Morgan fingerprint density at radius 3 is 2.72 bits per heavy atom. The Hall–Kier alpha value is -0.490. The highest BCUT2D eigenvalue weighted by Crippen LogP contribution is 2.28. The molecule has 18 heavy (non-hydrogen) atoms. The van der Waals surface area contributed by atoms with Gasteiger partial charge in [-0.05, 0) is 40.0 Å². The molecule has 100 valence electrons. The van der Waals surface area contributed by atoms with Gasteiger partial charge >= 0.3 is 0 Å². The second kappa shape index (κ2) is 6.61. The molecule has 2 rings (SSSR count). The highest BCUT2D eigenvalue weighted by atomic mass is 79.9. The van der Waals surface area contributed by atoms with Crippen molar-refractivity contribution in [2.45, 2.75) is 12.5 Å². The molecule has 1 aromatic rings. The van der Waals surface area contributed by atoms with Crippen molar-refractivity contribution in [3.8, 4) is 0 Å². The molecule has 0 bridgehead atoms. The minimum Gasteiger partial charge on any atom is -0.396 e. The van der Waals surface area contributed by atoms with Crippen molar-refractivity contribution < 1.29 is 9.50 Å². The zero-order valence-electron chi connectivity index (χ0n) is 10.2. The fourth-order valence-electron chi connectivity index (χ4n) is 2.40. The first-order chi connectivity index (χ1) is 8.72. The number of aliphatic hydroxyl groups excluding tert-OH is 1. The van der Waals surface area contributed by atoms with Crippen molar-refractivity contribution >= 4 is 15.9 Å². The topological polar surface area (TPSA) is 35.5 Å². The molecule has 0 aromatic heterocycles. The molecular weight excluding hydrogens is 299 g/mol. The predicted octanol–water partition coefficient (Wildman–Crippen LogP) is 1.92. The van der Waals surface area contributed by atoms with Gasteiger partial charge in [0.1, 0.15) is 5.82 Å². The van der Waals surface area contributed by atoms with E-state index in [1.165, 1.54) is 6.07 Å². The van der Waals surface area contributed by atoms with E-state index in [1.54, 1.807) is 0 Å². The number of nitrogens with zero attached hydrogens (tertiary/aromatic N) is 1. The van der Waals surface area contributed by atoms with Gasteiger partial charge in [-0.25, -0.2) is 4.39 Å². The fraction of sp³-hybridized carbons (Fsp3) is 0.538. The molecule has 1 atom stereocenters. The quantitative estimate of drug-likeness (QED) is 0.891. The van der Waals surface area contributed by atoms with Crippen LogP contribution in [0, 0.1) is 5.82 Å². The van der Waals surface area contributed by atoms with Gasteiger partial charge in [0.15, 0.2) is 0 Å². The first kappa shape index (κ1) is 13.9. The van der Waals surface area contributed by atoms with Crippen LogP contribution >= 0.6 is 15.9 Å². The molecule has 5 heteroatoms. The van der Waals surface area contributed by atoms with Crippen LogP contribution in [0.5, 0.6) is 0 Å². The van der Waals surface area contributed by atoms with Crippen LogP contribution in [0.2, 0.25) is 0 Å². The lowest BCUT2D eigenvalue weighted by molar-refractivity contribution is 0.141. The lowest BCUT2D eigenvalue weighted by Crippen LogP contribution is -2.45. The third-order valence-corrected chi connectivity index (χ3v) is 3.93. The summed E-state index contributed by atoms with van der Waals surface area (Å²) < 4.78 is 13.8. The summed E-state index contributed by atoms with van der Waals surface area (Å²) in [5, 5.41) is 12.5. The molecule has 0 saturated carbocycles. The third-order valence-electron chi connectivity index (χ3n) is 3.32. The molecule has 1 fully saturated rings. The van der Waals surface area contributed by atoms with Gasteiger partial charge in [0.2, 0.25) is 0 Å². The summed E-state index contributed by atoms with van der Waals surface area (Å²) in [6.07, 6.45) is 0.679. The van der Waals surface area contributed by atoms with Gasteiger partial charge in [-0.1, -0.05) is 6.07 Å². The summed E-state index contributed by atoms with van der Waals surface area (Å²) in [6, 6.07) is 5.26. The maximum Gasteiger partial charge on any atom is 0.137 e. The largest absolute Gasteiger partial charge is 0.396 e. The average Bonchev–Trinajstić information content (AvgIpc) is 2.40. The van der Waals surface area contributed by atoms with Crippen LogP contribution in [-0.4, -0.2) is 42.8 Å². The van der Waals surface area contributed by atoms with Gasteiger partial charge in [-0.2, -0.15) is 0 Å². The normalized spacial score (nSPS) is 18.8. The smallest absolute Gasteiger partial charge is 0.137 e. The zero-order chi connectivity index (χ0) is 13.0. The zero-order valence-corrected chi connectivity index (χ0v) is 11.8. The highest BCUT2D eigenvalue weighted by Gasteiger charge is 2.22. The average molecular weight is 317 g/mol. The summed E-state index contributed by atoms with van der Waals surface area (Å²) >= 11 is 3.22. The third kappa shape index (κ3) is 3.29. The SMILES string of the molecule is OCC[C@H](c1ccc(F)c(Br)c1)N1CCNCC1. The summed E-state index contributed by atoms with van der Waals surface area (Å²) in [5.41, 5.74) is 1.05. The standard InChI is InChI=1S/C13H18BrFN2O/c14-11-9-10(1-2-12(11)15)13(3-8-18)17-6-4-16-5-7-17/h1-2,9,13,16,18H,3-8H2/t13-/m1/s1. The molecule has 0 unspecified atom stereocenters. The number of hydrogen-bond acceptors (Lipinski definition) is 3. The number of benzene rings is 1.